The normalized spacial score (nSPS) is 17.6. The smallest absolute Gasteiger partial charge is 0.0951 e. The third-order valence-electron chi connectivity index (χ3n) is 3.13. The molecule has 5 nitrogen and oxygen atoms in total. The molecule has 2 N–H and O–H groups in total. The van der Waals surface area contributed by atoms with E-state index >= 15 is 0 Å². The van der Waals surface area contributed by atoms with Gasteiger partial charge in [-0.2, -0.15) is 0 Å². The van der Waals surface area contributed by atoms with Crippen molar-refractivity contribution in [3.05, 3.63) is 18.2 Å². The topological polar surface area (TPSA) is 53.3 Å². The van der Waals surface area contributed by atoms with E-state index < -0.39 is 0 Å². The first-order valence-corrected chi connectivity index (χ1v) is 6.23. The van der Waals surface area contributed by atoms with Crippen LogP contribution in [0.3, 0.4) is 0 Å². The Hall–Kier alpha value is -0.910. The summed E-state index contributed by atoms with van der Waals surface area (Å²) in [6.07, 6.45) is 6.21. The van der Waals surface area contributed by atoms with Crippen LogP contribution in [-0.2, 0) is 0 Å². The molecule has 1 saturated carbocycles. The van der Waals surface area contributed by atoms with Crippen LogP contribution in [-0.4, -0.2) is 53.3 Å². The Morgan fingerprint density at radius 3 is 2.94 bits per heavy atom. The lowest BCUT2D eigenvalue weighted by Crippen LogP contribution is -2.32. The fraction of sp³-hybridized carbons (Fsp3) is 0.750. The van der Waals surface area contributed by atoms with Gasteiger partial charge >= 0.3 is 0 Å². The number of nitrogens with zero attached hydrogens (tertiary/aromatic N) is 3. The van der Waals surface area contributed by atoms with Crippen LogP contribution in [0.15, 0.2) is 12.5 Å². The van der Waals surface area contributed by atoms with Crippen molar-refractivity contribution in [2.24, 2.45) is 0 Å². The highest BCUT2D eigenvalue weighted by Crippen LogP contribution is 2.36. The minimum Gasteiger partial charge on any atom is -0.394 e. The number of aliphatic hydroxyl groups excluding tert-OH is 1. The largest absolute Gasteiger partial charge is 0.394 e. The summed E-state index contributed by atoms with van der Waals surface area (Å²) in [5, 5.41) is 12.8. The van der Waals surface area contributed by atoms with Gasteiger partial charge in [0.15, 0.2) is 0 Å². The molecule has 0 bridgehead atoms. The van der Waals surface area contributed by atoms with Gasteiger partial charge in [-0.3, -0.25) is 0 Å². The molecule has 1 fully saturated rings. The molecule has 1 heterocycles. The van der Waals surface area contributed by atoms with E-state index in [1.54, 1.807) is 0 Å². The maximum Gasteiger partial charge on any atom is 0.0951 e. The van der Waals surface area contributed by atoms with Gasteiger partial charge in [0.2, 0.25) is 0 Å². The van der Waals surface area contributed by atoms with Crippen molar-refractivity contribution in [1.29, 1.82) is 0 Å². The lowest BCUT2D eigenvalue weighted by molar-refractivity contribution is 0.235. The van der Waals surface area contributed by atoms with Crippen molar-refractivity contribution in [1.82, 2.24) is 19.8 Å². The van der Waals surface area contributed by atoms with Gasteiger partial charge < -0.3 is 19.9 Å². The summed E-state index contributed by atoms with van der Waals surface area (Å²) < 4.78 is 2.20. The summed E-state index contributed by atoms with van der Waals surface area (Å²) in [5.41, 5.74) is 1.11. The summed E-state index contributed by atoms with van der Waals surface area (Å²) in [5.74, 6) is 0. The van der Waals surface area contributed by atoms with Gasteiger partial charge in [-0.05, 0) is 26.9 Å². The third kappa shape index (κ3) is 3.28. The molecule has 1 aliphatic carbocycles. The molecule has 1 unspecified atom stereocenters. The molecular weight excluding hydrogens is 216 g/mol. The van der Waals surface area contributed by atoms with Crippen LogP contribution >= 0.6 is 0 Å². The minimum atomic E-state index is -0.00181. The molecule has 1 atom stereocenters. The predicted molar refractivity (Wildman–Crippen MR) is 66.9 cm³/mol. The first-order valence-electron chi connectivity index (χ1n) is 6.23. The second kappa shape index (κ2) is 5.62. The zero-order valence-corrected chi connectivity index (χ0v) is 10.6. The van der Waals surface area contributed by atoms with Crippen molar-refractivity contribution in [2.45, 2.75) is 24.9 Å². The third-order valence-corrected chi connectivity index (χ3v) is 3.13. The molecule has 96 valence electrons. The number of rotatable bonds is 7. The summed E-state index contributed by atoms with van der Waals surface area (Å²) in [6.45, 7) is 1.95. The van der Waals surface area contributed by atoms with E-state index in [9.17, 15) is 5.11 Å². The number of aliphatic hydroxyl groups is 1. The fourth-order valence-electron chi connectivity index (χ4n) is 1.97. The maximum atomic E-state index is 9.47. The van der Waals surface area contributed by atoms with Gasteiger partial charge in [0.1, 0.15) is 0 Å². The molecule has 2 rings (SSSR count). The molecule has 1 aliphatic rings. The lowest BCUT2D eigenvalue weighted by Gasteiger charge is -2.19. The molecule has 0 amide bonds. The van der Waals surface area contributed by atoms with E-state index in [4.69, 9.17) is 0 Å². The highest BCUT2D eigenvalue weighted by atomic mass is 16.3. The SMILES string of the molecule is CN(C)CCNC(CO)c1cncn1C1CC1. The highest BCUT2D eigenvalue weighted by molar-refractivity contribution is 5.09. The molecule has 0 aliphatic heterocycles. The van der Waals surface area contributed by atoms with Crippen LogP contribution in [0, 0.1) is 0 Å². The van der Waals surface area contributed by atoms with Crippen LogP contribution < -0.4 is 5.32 Å². The Balaban J connectivity index is 1.94. The Labute approximate surface area is 102 Å². The molecule has 1 aromatic heterocycles. The molecule has 0 spiro atoms. The number of hydrogen-bond acceptors (Lipinski definition) is 4. The van der Waals surface area contributed by atoms with Crippen molar-refractivity contribution in [3.63, 3.8) is 0 Å². The molecule has 0 radical (unpaired) electrons. The Morgan fingerprint density at radius 1 is 1.59 bits per heavy atom. The highest BCUT2D eigenvalue weighted by Gasteiger charge is 2.27. The first kappa shape index (κ1) is 12.5. The Bertz CT molecular complexity index is 346. The number of imidazole rings is 1. The van der Waals surface area contributed by atoms with E-state index in [-0.39, 0.29) is 12.6 Å². The summed E-state index contributed by atoms with van der Waals surface area (Å²) >= 11 is 0. The van der Waals surface area contributed by atoms with Crippen molar-refractivity contribution in [3.8, 4) is 0 Å². The van der Waals surface area contributed by atoms with E-state index in [2.05, 4.69) is 19.8 Å². The summed E-state index contributed by atoms with van der Waals surface area (Å²) in [7, 11) is 4.09. The standard InChI is InChI=1S/C12H22N4O/c1-15(2)6-5-14-11(8-17)12-7-13-9-16(12)10-3-4-10/h7,9-11,14,17H,3-6,8H2,1-2H3. The van der Waals surface area contributed by atoms with Gasteiger partial charge in [-0.25, -0.2) is 4.98 Å². The predicted octanol–water partition coefficient (Wildman–Crippen LogP) is 0.403. The van der Waals surface area contributed by atoms with Crippen LogP contribution in [0.4, 0.5) is 0 Å². The number of nitrogens with one attached hydrogen (secondary N) is 1. The minimum absolute atomic E-state index is 0.00181. The van der Waals surface area contributed by atoms with Crippen molar-refractivity contribution >= 4 is 0 Å². The molecule has 0 saturated heterocycles. The van der Waals surface area contributed by atoms with Crippen molar-refractivity contribution in [2.75, 3.05) is 33.8 Å². The van der Waals surface area contributed by atoms with Crippen LogP contribution in [0.25, 0.3) is 0 Å². The lowest BCUT2D eigenvalue weighted by atomic mass is 10.2. The molecule has 5 heteroatoms. The fourth-order valence-corrected chi connectivity index (χ4v) is 1.97. The van der Waals surface area contributed by atoms with Crippen LogP contribution in [0.5, 0.6) is 0 Å². The molecule has 1 aromatic rings. The summed E-state index contributed by atoms with van der Waals surface area (Å²) in [6, 6.07) is 0.607. The van der Waals surface area contributed by atoms with Gasteiger partial charge in [0, 0.05) is 25.3 Å². The zero-order chi connectivity index (χ0) is 12.3. The van der Waals surface area contributed by atoms with E-state index in [1.807, 2.05) is 26.6 Å². The second-order valence-corrected chi connectivity index (χ2v) is 4.95. The van der Waals surface area contributed by atoms with Gasteiger partial charge in [0.25, 0.3) is 0 Å². The molecule has 17 heavy (non-hydrogen) atoms. The first-order chi connectivity index (χ1) is 8.22. The zero-order valence-electron chi connectivity index (χ0n) is 10.6. The molecular formula is C12H22N4O. The van der Waals surface area contributed by atoms with Crippen LogP contribution in [0.1, 0.15) is 30.6 Å². The number of hydrogen-bond donors (Lipinski definition) is 2. The van der Waals surface area contributed by atoms with Gasteiger partial charge in [0.05, 0.1) is 24.7 Å². The monoisotopic (exact) mass is 238 g/mol. The quantitative estimate of drug-likeness (QED) is 0.722. The number of likely N-dealkylation sites (N-methyl/N-ethyl adjacent to an activating group) is 1. The Kier molecular flexibility index (Phi) is 4.15. The van der Waals surface area contributed by atoms with E-state index in [0.717, 1.165) is 18.8 Å². The average Bonchev–Trinajstić information content (AvgIpc) is 3.03. The van der Waals surface area contributed by atoms with Gasteiger partial charge in [-0.15, -0.1) is 0 Å². The summed E-state index contributed by atoms with van der Waals surface area (Å²) in [4.78, 5) is 6.32. The van der Waals surface area contributed by atoms with Gasteiger partial charge in [-0.1, -0.05) is 0 Å². The average molecular weight is 238 g/mol. The Morgan fingerprint density at radius 2 is 2.35 bits per heavy atom. The second-order valence-electron chi connectivity index (χ2n) is 4.95. The van der Waals surface area contributed by atoms with E-state index in [1.165, 1.54) is 12.8 Å². The van der Waals surface area contributed by atoms with Crippen LogP contribution in [0.2, 0.25) is 0 Å². The van der Waals surface area contributed by atoms with Crippen molar-refractivity contribution < 1.29 is 5.11 Å². The maximum absolute atomic E-state index is 9.47. The van der Waals surface area contributed by atoms with E-state index in [0.29, 0.717) is 6.04 Å². The molecule has 0 aromatic carbocycles. The number of aromatic nitrogens is 2.